The van der Waals surface area contributed by atoms with Crippen LogP contribution in [0.1, 0.15) is 24.1 Å². The zero-order valence-electron chi connectivity index (χ0n) is 15.6. The maximum Gasteiger partial charge on any atom is 0.191 e. The summed E-state index contributed by atoms with van der Waals surface area (Å²) in [4.78, 5) is 4.57. The van der Waals surface area contributed by atoms with E-state index in [1.54, 1.807) is 19.2 Å². The van der Waals surface area contributed by atoms with Crippen LogP contribution in [-0.2, 0) is 16.3 Å². The summed E-state index contributed by atoms with van der Waals surface area (Å²) in [5, 5.41) is 7.32. The third kappa shape index (κ3) is 7.67. The summed E-state index contributed by atoms with van der Waals surface area (Å²) in [5.41, 5.74) is 2.18. The van der Waals surface area contributed by atoms with Gasteiger partial charge < -0.3 is 10.6 Å². The molecule has 2 aromatic carbocycles. The van der Waals surface area contributed by atoms with E-state index >= 15 is 0 Å². The predicted molar refractivity (Wildman–Crippen MR) is 123 cm³/mol. The van der Waals surface area contributed by atoms with Crippen LogP contribution in [0.2, 0.25) is 5.02 Å². The van der Waals surface area contributed by atoms with Gasteiger partial charge in [0.25, 0.3) is 0 Å². The largest absolute Gasteiger partial charge is 0.356 e. The summed E-state index contributed by atoms with van der Waals surface area (Å²) in [6, 6.07) is 14.7. The van der Waals surface area contributed by atoms with Crippen LogP contribution in [0.4, 0.5) is 0 Å². The molecule has 148 valence electrons. The standard InChI is InChI=1S/C19H24ClN3O2S.HI/c1-14(16-6-8-17(20)9-7-16)23-19(21-2)22-13-12-15-4-10-18(11-5-15)26(3,24)25;/h4-11,14H,12-13H2,1-3H3,(H2,21,22,23);1H. The molecule has 0 bridgehead atoms. The molecule has 1 unspecified atom stereocenters. The average molecular weight is 522 g/mol. The molecule has 0 spiro atoms. The van der Waals surface area contributed by atoms with Gasteiger partial charge in [-0.05, 0) is 48.7 Å². The SMILES string of the molecule is CN=C(NCCc1ccc(S(C)(=O)=O)cc1)NC(C)c1ccc(Cl)cc1.I. The lowest BCUT2D eigenvalue weighted by Gasteiger charge is -2.18. The summed E-state index contributed by atoms with van der Waals surface area (Å²) in [7, 11) is -1.43. The minimum absolute atomic E-state index is 0. The first-order valence-electron chi connectivity index (χ1n) is 8.31. The van der Waals surface area contributed by atoms with E-state index in [1.165, 1.54) is 6.26 Å². The van der Waals surface area contributed by atoms with Crippen molar-refractivity contribution in [3.8, 4) is 0 Å². The molecule has 8 heteroatoms. The molecule has 0 fully saturated rings. The maximum absolute atomic E-state index is 11.5. The highest BCUT2D eigenvalue weighted by Gasteiger charge is 2.08. The zero-order valence-corrected chi connectivity index (χ0v) is 19.5. The molecule has 1 atom stereocenters. The first kappa shape index (κ1) is 23.7. The topological polar surface area (TPSA) is 70.6 Å². The Morgan fingerprint density at radius 1 is 1.11 bits per heavy atom. The number of nitrogens with one attached hydrogen (secondary N) is 2. The Morgan fingerprint density at radius 2 is 1.70 bits per heavy atom. The van der Waals surface area contributed by atoms with E-state index in [9.17, 15) is 8.42 Å². The number of nitrogens with zero attached hydrogens (tertiary/aromatic N) is 1. The van der Waals surface area contributed by atoms with E-state index in [0.29, 0.717) is 22.4 Å². The lowest BCUT2D eigenvalue weighted by molar-refractivity contribution is 0.602. The van der Waals surface area contributed by atoms with Gasteiger partial charge in [0.15, 0.2) is 15.8 Å². The molecule has 0 saturated carbocycles. The monoisotopic (exact) mass is 521 g/mol. The van der Waals surface area contributed by atoms with E-state index in [4.69, 9.17) is 11.6 Å². The second-order valence-electron chi connectivity index (χ2n) is 6.08. The Bertz CT molecular complexity index is 854. The smallest absolute Gasteiger partial charge is 0.191 e. The molecule has 0 amide bonds. The van der Waals surface area contributed by atoms with Crippen molar-refractivity contribution in [2.45, 2.75) is 24.3 Å². The summed E-state index contributed by atoms with van der Waals surface area (Å²) >= 11 is 5.92. The van der Waals surface area contributed by atoms with Gasteiger partial charge in [-0.2, -0.15) is 0 Å². The fourth-order valence-corrected chi connectivity index (χ4v) is 3.22. The number of aliphatic imine (C=N–C) groups is 1. The first-order valence-corrected chi connectivity index (χ1v) is 10.6. The molecular formula is C19H25ClIN3O2S. The average Bonchev–Trinajstić information content (AvgIpc) is 2.61. The van der Waals surface area contributed by atoms with Gasteiger partial charge in [-0.15, -0.1) is 24.0 Å². The number of sulfone groups is 1. The van der Waals surface area contributed by atoms with Crippen LogP contribution < -0.4 is 10.6 Å². The van der Waals surface area contributed by atoms with Gasteiger partial charge in [0.2, 0.25) is 0 Å². The third-order valence-corrected chi connectivity index (χ3v) is 5.38. The second-order valence-corrected chi connectivity index (χ2v) is 8.53. The lowest BCUT2D eigenvalue weighted by Crippen LogP contribution is -2.39. The summed E-state index contributed by atoms with van der Waals surface area (Å²) < 4.78 is 23.0. The van der Waals surface area contributed by atoms with Crippen LogP contribution in [0, 0.1) is 0 Å². The summed E-state index contributed by atoms with van der Waals surface area (Å²) in [5.74, 6) is 0.709. The van der Waals surface area contributed by atoms with Gasteiger partial charge in [-0.25, -0.2) is 8.42 Å². The van der Waals surface area contributed by atoms with E-state index in [2.05, 4.69) is 22.5 Å². The minimum atomic E-state index is -3.15. The molecule has 5 nitrogen and oxygen atoms in total. The van der Waals surface area contributed by atoms with Crippen molar-refractivity contribution in [3.63, 3.8) is 0 Å². The predicted octanol–water partition coefficient (Wildman–Crippen LogP) is 3.83. The van der Waals surface area contributed by atoms with Gasteiger partial charge in [0, 0.05) is 24.9 Å². The van der Waals surface area contributed by atoms with Gasteiger partial charge in [0.05, 0.1) is 10.9 Å². The van der Waals surface area contributed by atoms with Gasteiger partial charge in [-0.3, -0.25) is 4.99 Å². The molecule has 2 aromatic rings. The Kier molecular flexibility index (Phi) is 9.55. The van der Waals surface area contributed by atoms with Crippen molar-refractivity contribution < 1.29 is 8.42 Å². The molecule has 2 N–H and O–H groups in total. The van der Waals surface area contributed by atoms with E-state index < -0.39 is 9.84 Å². The Balaban J connectivity index is 0.00000364. The van der Waals surface area contributed by atoms with Crippen LogP contribution in [0.25, 0.3) is 0 Å². The zero-order chi connectivity index (χ0) is 19.2. The molecule has 0 saturated heterocycles. The van der Waals surface area contributed by atoms with E-state index in [1.807, 2.05) is 36.4 Å². The van der Waals surface area contributed by atoms with Crippen LogP contribution in [0.15, 0.2) is 58.4 Å². The van der Waals surface area contributed by atoms with E-state index in [-0.39, 0.29) is 30.0 Å². The molecule has 0 aliphatic heterocycles. The number of benzene rings is 2. The van der Waals surface area contributed by atoms with Crippen LogP contribution in [-0.4, -0.2) is 34.2 Å². The molecule has 27 heavy (non-hydrogen) atoms. The first-order chi connectivity index (χ1) is 12.3. The quantitative estimate of drug-likeness (QED) is 0.344. The van der Waals surface area contributed by atoms with Crippen molar-refractivity contribution in [3.05, 3.63) is 64.7 Å². The third-order valence-electron chi connectivity index (χ3n) is 4.00. The molecule has 0 aliphatic rings. The van der Waals surface area contributed by atoms with Crippen LogP contribution in [0.5, 0.6) is 0 Å². The number of guanidine groups is 1. The van der Waals surface area contributed by atoms with Crippen LogP contribution in [0.3, 0.4) is 0 Å². The normalized spacial score (nSPS) is 12.8. The highest BCUT2D eigenvalue weighted by Crippen LogP contribution is 2.16. The van der Waals surface area contributed by atoms with Gasteiger partial charge in [-0.1, -0.05) is 35.9 Å². The van der Waals surface area contributed by atoms with E-state index in [0.717, 1.165) is 17.5 Å². The number of rotatable bonds is 6. The van der Waals surface area contributed by atoms with Crippen LogP contribution >= 0.6 is 35.6 Å². The van der Waals surface area contributed by atoms with Crippen molar-refractivity contribution in [2.75, 3.05) is 19.8 Å². The lowest BCUT2D eigenvalue weighted by atomic mass is 10.1. The fourth-order valence-electron chi connectivity index (χ4n) is 2.46. The van der Waals surface area contributed by atoms with Crippen molar-refractivity contribution in [1.82, 2.24) is 10.6 Å². The number of halogens is 2. The fraction of sp³-hybridized carbons (Fsp3) is 0.316. The Labute approximate surface area is 183 Å². The highest BCUT2D eigenvalue weighted by atomic mass is 127. The highest BCUT2D eigenvalue weighted by molar-refractivity contribution is 14.0. The van der Waals surface area contributed by atoms with Crippen molar-refractivity contribution in [2.24, 2.45) is 4.99 Å². The minimum Gasteiger partial charge on any atom is -0.356 e. The maximum atomic E-state index is 11.5. The molecule has 0 aromatic heterocycles. The van der Waals surface area contributed by atoms with Gasteiger partial charge >= 0.3 is 0 Å². The van der Waals surface area contributed by atoms with Crippen molar-refractivity contribution >= 4 is 51.4 Å². The molecule has 2 rings (SSSR count). The number of hydrogen-bond donors (Lipinski definition) is 2. The number of hydrogen-bond acceptors (Lipinski definition) is 3. The van der Waals surface area contributed by atoms with Gasteiger partial charge in [0.1, 0.15) is 0 Å². The Hall–Kier alpha value is -1.32. The Morgan fingerprint density at radius 3 is 2.22 bits per heavy atom. The summed E-state index contributed by atoms with van der Waals surface area (Å²) in [6.07, 6.45) is 1.97. The molecule has 0 radical (unpaired) electrons. The summed E-state index contributed by atoms with van der Waals surface area (Å²) in [6.45, 7) is 2.74. The second kappa shape index (κ2) is 10.9. The molecule has 0 heterocycles. The van der Waals surface area contributed by atoms with Crippen molar-refractivity contribution in [1.29, 1.82) is 0 Å². The molecular weight excluding hydrogens is 497 g/mol. The molecule has 0 aliphatic carbocycles.